The molecule has 2 N–H and O–H groups in total. The van der Waals surface area contributed by atoms with Gasteiger partial charge in [0.25, 0.3) is 5.56 Å². The lowest BCUT2D eigenvalue weighted by Crippen LogP contribution is -2.10. The summed E-state index contributed by atoms with van der Waals surface area (Å²) >= 11 is 0. The average Bonchev–Trinajstić information content (AvgIpc) is 2.63. The van der Waals surface area contributed by atoms with Gasteiger partial charge < -0.3 is 4.57 Å². The summed E-state index contributed by atoms with van der Waals surface area (Å²) < 4.78 is 2.26. The van der Waals surface area contributed by atoms with Crippen LogP contribution in [0.15, 0.2) is 22.0 Å². The highest BCUT2D eigenvalue weighted by Gasteiger charge is 2.09. The maximum atomic E-state index is 11.3. The average molecular weight is 287 g/mol. The van der Waals surface area contributed by atoms with Crippen LogP contribution in [-0.2, 0) is 0 Å². The first-order valence-corrected chi connectivity index (χ1v) is 6.94. The van der Waals surface area contributed by atoms with Crippen LogP contribution in [0.2, 0.25) is 0 Å². The summed E-state index contributed by atoms with van der Waals surface area (Å²) in [5.41, 5.74) is 6.62. The summed E-state index contributed by atoms with van der Waals surface area (Å²) in [6.07, 6.45) is 1.74. The highest BCUT2D eigenvalue weighted by Crippen LogP contribution is 2.18. The fourth-order valence-corrected chi connectivity index (χ4v) is 2.52. The molecule has 0 bridgehead atoms. The van der Waals surface area contributed by atoms with Gasteiger partial charge in [0.15, 0.2) is 0 Å². The van der Waals surface area contributed by atoms with E-state index in [1.165, 1.54) is 17.5 Å². The highest BCUT2D eigenvalue weighted by molar-refractivity contribution is 5.82. The molecule has 0 saturated heterocycles. The summed E-state index contributed by atoms with van der Waals surface area (Å²) in [6, 6.07) is 3.94. The normalized spacial score (nSPS) is 11.5. The summed E-state index contributed by atoms with van der Waals surface area (Å²) in [4.78, 5) is 18.1. The molecule has 6 heteroatoms. The van der Waals surface area contributed by atoms with Crippen LogP contribution in [0.1, 0.15) is 42.5 Å². The van der Waals surface area contributed by atoms with Gasteiger partial charge in [0.1, 0.15) is 0 Å². The van der Waals surface area contributed by atoms with Gasteiger partial charge in [-0.1, -0.05) is 0 Å². The van der Waals surface area contributed by atoms with Gasteiger partial charge in [0, 0.05) is 34.8 Å². The zero-order chi connectivity index (χ0) is 15.6. The van der Waals surface area contributed by atoms with E-state index < -0.39 is 0 Å². The van der Waals surface area contributed by atoms with E-state index in [0.717, 1.165) is 5.56 Å². The molecule has 2 aromatic heterocycles. The van der Waals surface area contributed by atoms with Crippen LogP contribution in [0, 0.1) is 20.8 Å². The van der Waals surface area contributed by atoms with E-state index in [0.29, 0.717) is 17.7 Å². The zero-order valence-corrected chi connectivity index (χ0v) is 13.1. The van der Waals surface area contributed by atoms with Gasteiger partial charge in [-0.25, -0.2) is 10.4 Å². The van der Waals surface area contributed by atoms with Crippen LogP contribution in [0.3, 0.4) is 0 Å². The Labute approximate surface area is 123 Å². The Morgan fingerprint density at radius 3 is 2.62 bits per heavy atom. The number of rotatable bonds is 4. The molecule has 0 unspecified atom stereocenters. The molecule has 21 heavy (non-hydrogen) atoms. The van der Waals surface area contributed by atoms with Crippen LogP contribution in [-0.4, -0.2) is 20.7 Å². The minimum absolute atomic E-state index is 0.196. The van der Waals surface area contributed by atoms with Crippen LogP contribution in [0.4, 0.5) is 5.95 Å². The first-order valence-electron chi connectivity index (χ1n) is 6.94. The Morgan fingerprint density at radius 1 is 1.33 bits per heavy atom. The van der Waals surface area contributed by atoms with Crippen LogP contribution in [0.5, 0.6) is 0 Å². The smallest absolute Gasteiger partial charge is 0.252 e. The number of hydrazone groups is 1. The number of hydrogen-bond donors (Lipinski definition) is 2. The summed E-state index contributed by atoms with van der Waals surface area (Å²) in [7, 11) is 0. The fourth-order valence-electron chi connectivity index (χ4n) is 2.52. The molecule has 0 aliphatic heterocycles. The molecule has 0 aliphatic carbocycles. The number of H-pyrrole nitrogens is 1. The van der Waals surface area contributed by atoms with Crippen LogP contribution in [0.25, 0.3) is 0 Å². The predicted molar refractivity (Wildman–Crippen MR) is 85.1 cm³/mol. The quantitative estimate of drug-likeness (QED) is 0.670. The first kappa shape index (κ1) is 15.0. The third-order valence-corrected chi connectivity index (χ3v) is 3.28. The van der Waals surface area contributed by atoms with E-state index in [2.05, 4.69) is 58.8 Å². The minimum Gasteiger partial charge on any atom is -0.346 e. The standard InChI is InChI=1S/C15H21N5O/c1-9(2)20-11(4)7-13(12(20)5)8-16-19-15-17-10(3)6-14(21)18-15/h6-9H,1-5H3,(H2,17,18,19,21)/b16-8-. The van der Waals surface area contributed by atoms with Crippen molar-refractivity contribution in [1.82, 2.24) is 14.5 Å². The molecule has 0 amide bonds. The number of nitrogens with zero attached hydrogens (tertiary/aromatic N) is 3. The fraction of sp³-hybridized carbons (Fsp3) is 0.400. The maximum Gasteiger partial charge on any atom is 0.252 e. The molecule has 0 atom stereocenters. The third kappa shape index (κ3) is 3.39. The Balaban J connectivity index is 2.19. The zero-order valence-electron chi connectivity index (χ0n) is 13.1. The third-order valence-electron chi connectivity index (χ3n) is 3.28. The van der Waals surface area contributed by atoms with Crippen molar-refractivity contribution < 1.29 is 0 Å². The Morgan fingerprint density at radius 2 is 2.05 bits per heavy atom. The van der Waals surface area contributed by atoms with Crippen LogP contribution < -0.4 is 11.0 Å². The Hall–Kier alpha value is -2.37. The molecule has 2 rings (SSSR count). The molecule has 2 aromatic rings. The number of aromatic amines is 1. The topological polar surface area (TPSA) is 75.1 Å². The lowest BCUT2D eigenvalue weighted by atomic mass is 10.2. The number of nitrogens with one attached hydrogen (secondary N) is 2. The van der Waals surface area contributed by atoms with Gasteiger partial charge >= 0.3 is 0 Å². The summed E-state index contributed by atoms with van der Waals surface area (Å²) in [5.74, 6) is 0.342. The largest absolute Gasteiger partial charge is 0.346 e. The minimum atomic E-state index is -0.196. The van der Waals surface area contributed by atoms with Crippen LogP contribution >= 0.6 is 0 Å². The molecule has 0 saturated carbocycles. The molecule has 0 radical (unpaired) electrons. The van der Waals surface area contributed by atoms with Gasteiger partial charge in [-0.3, -0.25) is 9.78 Å². The van der Waals surface area contributed by atoms with E-state index in [-0.39, 0.29) is 5.56 Å². The van der Waals surface area contributed by atoms with Crippen molar-refractivity contribution in [3.8, 4) is 0 Å². The number of aryl methyl sites for hydroxylation is 2. The SMILES string of the molecule is Cc1cc(=O)[nH]c(N/N=C\c2cc(C)n(C(C)C)c2C)n1. The van der Waals surface area contributed by atoms with Crippen molar-refractivity contribution in [3.05, 3.63) is 45.1 Å². The first-order chi connectivity index (χ1) is 9.88. The van der Waals surface area contributed by atoms with Gasteiger partial charge in [-0.15, -0.1) is 0 Å². The number of hydrogen-bond acceptors (Lipinski definition) is 4. The van der Waals surface area contributed by atoms with Gasteiger partial charge in [0.2, 0.25) is 5.95 Å². The van der Waals surface area contributed by atoms with Crippen molar-refractivity contribution in [2.75, 3.05) is 5.43 Å². The predicted octanol–water partition coefficient (Wildman–Crippen LogP) is 2.52. The van der Waals surface area contributed by atoms with E-state index >= 15 is 0 Å². The molecule has 6 nitrogen and oxygen atoms in total. The molecular formula is C15H21N5O. The second-order valence-electron chi connectivity index (χ2n) is 5.40. The summed E-state index contributed by atoms with van der Waals surface area (Å²) in [5, 5.41) is 4.15. The lowest BCUT2D eigenvalue weighted by molar-refractivity contribution is 0.574. The van der Waals surface area contributed by atoms with E-state index in [9.17, 15) is 4.79 Å². The molecule has 0 aliphatic rings. The highest BCUT2D eigenvalue weighted by atomic mass is 16.1. The maximum absolute atomic E-state index is 11.3. The molecule has 0 aromatic carbocycles. The van der Waals surface area contributed by atoms with Gasteiger partial charge in [0.05, 0.1) is 6.21 Å². The molecule has 2 heterocycles. The lowest BCUT2D eigenvalue weighted by Gasteiger charge is -2.13. The monoisotopic (exact) mass is 287 g/mol. The van der Waals surface area contributed by atoms with Crippen molar-refractivity contribution in [3.63, 3.8) is 0 Å². The Bertz CT molecular complexity index is 724. The number of aromatic nitrogens is 3. The molecular weight excluding hydrogens is 266 g/mol. The van der Waals surface area contributed by atoms with Gasteiger partial charge in [-0.2, -0.15) is 5.10 Å². The summed E-state index contributed by atoms with van der Waals surface area (Å²) in [6.45, 7) is 10.2. The van der Waals surface area contributed by atoms with Crippen molar-refractivity contribution >= 4 is 12.2 Å². The molecule has 0 spiro atoms. The molecule has 112 valence electrons. The second-order valence-corrected chi connectivity index (χ2v) is 5.40. The second kappa shape index (κ2) is 5.95. The Kier molecular flexibility index (Phi) is 4.26. The van der Waals surface area contributed by atoms with Crippen molar-refractivity contribution in [1.29, 1.82) is 0 Å². The van der Waals surface area contributed by atoms with E-state index in [4.69, 9.17) is 0 Å². The van der Waals surface area contributed by atoms with Gasteiger partial charge in [-0.05, 0) is 40.7 Å². The van der Waals surface area contributed by atoms with E-state index in [1.807, 2.05) is 0 Å². The number of anilines is 1. The molecule has 0 fully saturated rings. The van der Waals surface area contributed by atoms with Crippen molar-refractivity contribution in [2.24, 2.45) is 5.10 Å². The van der Waals surface area contributed by atoms with E-state index in [1.54, 1.807) is 13.1 Å². The van der Waals surface area contributed by atoms with Crippen molar-refractivity contribution in [2.45, 2.75) is 40.7 Å².